The Balaban J connectivity index is 1.13. The van der Waals surface area contributed by atoms with Gasteiger partial charge in [-0.05, 0) is 90.7 Å². The molecule has 9 aromatic rings. The van der Waals surface area contributed by atoms with Gasteiger partial charge in [-0.1, -0.05) is 152 Å². The molecule has 246 valence electrons. The van der Waals surface area contributed by atoms with Crippen LogP contribution in [-0.2, 0) is 5.41 Å². The first-order valence-corrected chi connectivity index (χ1v) is 18.1. The van der Waals surface area contributed by atoms with Crippen molar-refractivity contribution in [2.75, 3.05) is 0 Å². The van der Waals surface area contributed by atoms with Crippen LogP contribution in [0, 0.1) is 0 Å². The summed E-state index contributed by atoms with van der Waals surface area (Å²) < 4.78 is 0. The Hall–Kier alpha value is -6.97. The first kappa shape index (κ1) is 29.7. The first-order valence-electron chi connectivity index (χ1n) is 18.1. The molecule has 0 saturated heterocycles. The van der Waals surface area contributed by atoms with Crippen LogP contribution in [0.3, 0.4) is 0 Å². The molecule has 0 unspecified atom stereocenters. The fourth-order valence-corrected chi connectivity index (χ4v) is 8.82. The highest BCUT2D eigenvalue weighted by molar-refractivity contribution is 5.96. The monoisotopic (exact) mass is 673 g/mol. The minimum Gasteiger partial charge on any atom is -0.264 e. The Morgan fingerprint density at radius 3 is 1.51 bits per heavy atom. The van der Waals surface area contributed by atoms with E-state index >= 15 is 0 Å². The van der Waals surface area contributed by atoms with Crippen LogP contribution in [0.15, 0.2) is 188 Å². The number of benzene rings is 7. The fraction of sp³-hybridized carbons (Fsp3) is 0.0200. The number of hydrogen-bond donors (Lipinski definition) is 0. The van der Waals surface area contributed by atoms with Crippen molar-refractivity contribution in [2.45, 2.75) is 5.41 Å². The molecule has 0 saturated carbocycles. The number of nitrogens with zero attached hydrogens (tertiary/aromatic N) is 3. The van der Waals surface area contributed by atoms with Gasteiger partial charge in [0.15, 0.2) is 5.82 Å². The number of aromatic nitrogens is 3. The Morgan fingerprint density at radius 2 is 0.868 bits per heavy atom. The number of hydrogen-bond acceptors (Lipinski definition) is 3. The molecule has 0 atom stereocenters. The molecule has 0 radical (unpaired) electrons. The third kappa shape index (κ3) is 4.44. The highest BCUT2D eigenvalue weighted by Crippen LogP contribution is 2.63. The standard InChI is InChI=1S/C50H31N3/c1-2-11-35-28-36(24-21-32(35)10-1)47-30-48(53-49(52-47)34-22-19-33(20-23-34)38-12-9-27-51-31-38)37-25-26-42-41-15-5-8-18-45(41)50(46(42)29-37)43-16-6-3-13-39(43)40-14-4-7-17-44(40)50/h1-31H. The summed E-state index contributed by atoms with van der Waals surface area (Å²) in [4.78, 5) is 14.9. The van der Waals surface area contributed by atoms with Gasteiger partial charge in [0.05, 0.1) is 16.8 Å². The van der Waals surface area contributed by atoms with E-state index < -0.39 is 5.41 Å². The first-order chi connectivity index (χ1) is 26.3. The molecule has 3 heteroatoms. The van der Waals surface area contributed by atoms with E-state index in [2.05, 4.69) is 175 Å². The summed E-state index contributed by atoms with van der Waals surface area (Å²) in [6, 6.07) is 63.5. The summed E-state index contributed by atoms with van der Waals surface area (Å²) in [5.74, 6) is 0.693. The van der Waals surface area contributed by atoms with Crippen molar-refractivity contribution in [2.24, 2.45) is 0 Å². The van der Waals surface area contributed by atoms with Gasteiger partial charge in [-0.3, -0.25) is 4.98 Å². The lowest BCUT2D eigenvalue weighted by molar-refractivity contribution is 0.794. The van der Waals surface area contributed by atoms with E-state index in [1.807, 2.05) is 12.3 Å². The van der Waals surface area contributed by atoms with Gasteiger partial charge in [-0.15, -0.1) is 0 Å². The predicted molar refractivity (Wildman–Crippen MR) is 215 cm³/mol. The molecule has 1 spiro atoms. The molecular weight excluding hydrogens is 643 g/mol. The molecule has 2 aliphatic rings. The van der Waals surface area contributed by atoms with Gasteiger partial charge in [-0.25, -0.2) is 9.97 Å². The second-order valence-electron chi connectivity index (χ2n) is 14.0. The zero-order valence-corrected chi connectivity index (χ0v) is 28.7. The molecule has 2 heterocycles. The lowest BCUT2D eigenvalue weighted by Crippen LogP contribution is -2.25. The largest absolute Gasteiger partial charge is 0.264 e. The molecule has 53 heavy (non-hydrogen) atoms. The van der Waals surface area contributed by atoms with Crippen LogP contribution >= 0.6 is 0 Å². The molecular formula is C50H31N3. The van der Waals surface area contributed by atoms with E-state index in [1.54, 1.807) is 6.20 Å². The van der Waals surface area contributed by atoms with Crippen LogP contribution in [-0.4, -0.2) is 15.0 Å². The lowest BCUT2D eigenvalue weighted by Gasteiger charge is -2.30. The Labute approximate surface area is 308 Å². The summed E-state index contributed by atoms with van der Waals surface area (Å²) in [6.07, 6.45) is 3.69. The molecule has 0 aliphatic heterocycles. The molecule has 2 aromatic heterocycles. The second kappa shape index (κ2) is 11.5. The van der Waals surface area contributed by atoms with Crippen molar-refractivity contribution in [3.63, 3.8) is 0 Å². The Kier molecular flexibility index (Phi) is 6.47. The second-order valence-corrected chi connectivity index (χ2v) is 14.0. The van der Waals surface area contributed by atoms with E-state index in [-0.39, 0.29) is 0 Å². The van der Waals surface area contributed by atoms with E-state index in [4.69, 9.17) is 9.97 Å². The van der Waals surface area contributed by atoms with Crippen LogP contribution in [0.1, 0.15) is 22.3 Å². The predicted octanol–water partition coefficient (Wildman–Crippen LogP) is 12.0. The number of rotatable bonds is 4. The minimum absolute atomic E-state index is 0.422. The van der Waals surface area contributed by atoms with Gasteiger partial charge in [0.25, 0.3) is 0 Å². The Bertz CT molecular complexity index is 2830. The van der Waals surface area contributed by atoms with Crippen LogP contribution in [0.25, 0.3) is 78.1 Å². The number of fused-ring (bicyclic) bond motifs is 11. The van der Waals surface area contributed by atoms with E-state index in [1.165, 1.54) is 55.3 Å². The third-order valence-corrected chi connectivity index (χ3v) is 11.2. The molecule has 11 rings (SSSR count). The van der Waals surface area contributed by atoms with Gasteiger partial charge in [-0.2, -0.15) is 0 Å². The maximum Gasteiger partial charge on any atom is 0.160 e. The van der Waals surface area contributed by atoms with Crippen LogP contribution in [0.5, 0.6) is 0 Å². The molecule has 7 aromatic carbocycles. The topological polar surface area (TPSA) is 38.7 Å². The van der Waals surface area contributed by atoms with Crippen molar-refractivity contribution in [3.05, 3.63) is 211 Å². The van der Waals surface area contributed by atoms with Gasteiger partial charge in [0.1, 0.15) is 0 Å². The van der Waals surface area contributed by atoms with E-state index in [9.17, 15) is 0 Å². The summed E-state index contributed by atoms with van der Waals surface area (Å²) in [7, 11) is 0. The van der Waals surface area contributed by atoms with Gasteiger partial charge in [0.2, 0.25) is 0 Å². The zero-order chi connectivity index (χ0) is 34.9. The molecule has 3 nitrogen and oxygen atoms in total. The molecule has 0 fully saturated rings. The summed E-state index contributed by atoms with van der Waals surface area (Å²) in [6.45, 7) is 0. The van der Waals surface area contributed by atoms with Crippen molar-refractivity contribution in [1.82, 2.24) is 15.0 Å². The normalized spacial score (nSPS) is 13.1. The summed E-state index contributed by atoms with van der Waals surface area (Å²) >= 11 is 0. The summed E-state index contributed by atoms with van der Waals surface area (Å²) in [5.41, 5.74) is 17.1. The third-order valence-electron chi connectivity index (χ3n) is 11.2. The zero-order valence-electron chi connectivity index (χ0n) is 28.7. The average molecular weight is 674 g/mol. The van der Waals surface area contributed by atoms with Gasteiger partial charge >= 0.3 is 0 Å². The molecule has 2 aliphatic carbocycles. The van der Waals surface area contributed by atoms with Crippen LogP contribution in [0.4, 0.5) is 0 Å². The van der Waals surface area contributed by atoms with Gasteiger partial charge in [0, 0.05) is 29.1 Å². The van der Waals surface area contributed by atoms with Crippen molar-refractivity contribution in [3.8, 4) is 67.3 Å². The summed E-state index contributed by atoms with van der Waals surface area (Å²) in [5, 5.41) is 2.39. The lowest BCUT2D eigenvalue weighted by atomic mass is 9.70. The fourth-order valence-electron chi connectivity index (χ4n) is 8.82. The maximum atomic E-state index is 5.32. The maximum absolute atomic E-state index is 5.32. The van der Waals surface area contributed by atoms with Crippen molar-refractivity contribution in [1.29, 1.82) is 0 Å². The smallest absolute Gasteiger partial charge is 0.160 e. The van der Waals surface area contributed by atoms with Crippen molar-refractivity contribution < 1.29 is 0 Å². The molecule has 0 N–H and O–H groups in total. The SMILES string of the molecule is c1cncc(-c2ccc(-c3nc(-c4ccc5c(c4)C4(c6ccccc6-c6ccccc64)c4ccccc4-5)cc(-c4ccc5ccccc5c4)n3)cc2)c1. The Morgan fingerprint density at radius 1 is 0.340 bits per heavy atom. The highest BCUT2D eigenvalue weighted by atomic mass is 14.9. The molecule has 0 amide bonds. The highest BCUT2D eigenvalue weighted by Gasteiger charge is 2.51. The quantitative estimate of drug-likeness (QED) is 0.187. The van der Waals surface area contributed by atoms with Gasteiger partial charge < -0.3 is 0 Å². The van der Waals surface area contributed by atoms with Crippen molar-refractivity contribution >= 4 is 10.8 Å². The van der Waals surface area contributed by atoms with Crippen LogP contribution < -0.4 is 0 Å². The molecule has 0 bridgehead atoms. The van der Waals surface area contributed by atoms with Crippen LogP contribution in [0.2, 0.25) is 0 Å². The van der Waals surface area contributed by atoms with E-state index in [0.717, 1.165) is 39.2 Å². The average Bonchev–Trinajstić information content (AvgIpc) is 3.71. The number of pyridine rings is 1. The van der Waals surface area contributed by atoms with E-state index in [0.29, 0.717) is 5.82 Å². The minimum atomic E-state index is -0.422.